The largest absolute Gasteiger partial charge is 0.497 e. The molecule has 0 spiro atoms. The number of benzene rings is 2. The topological polar surface area (TPSA) is 88.5 Å². The number of aromatic nitrogens is 2. The molecule has 1 amide bonds. The number of fused-ring (bicyclic) bond motifs is 1. The van der Waals surface area contributed by atoms with E-state index in [0.29, 0.717) is 36.4 Å². The maximum atomic E-state index is 12.5. The van der Waals surface area contributed by atoms with Gasteiger partial charge < -0.3 is 19.9 Å². The fourth-order valence-electron chi connectivity index (χ4n) is 3.36. The number of hydrogen-bond donors (Lipinski definition) is 3. The van der Waals surface area contributed by atoms with E-state index in [1.54, 1.807) is 13.2 Å². The Morgan fingerprint density at radius 1 is 1.17 bits per heavy atom. The van der Waals surface area contributed by atoms with E-state index >= 15 is 0 Å². The SMILES string of the molecule is CCCC[NH+](CC(=O)NCc1ccc(OC)cc1)Cc1nc2ccccc2c(=O)[nH]1. The van der Waals surface area contributed by atoms with Gasteiger partial charge in [0.05, 0.1) is 24.6 Å². The Morgan fingerprint density at radius 2 is 1.93 bits per heavy atom. The third-order valence-electron chi connectivity index (χ3n) is 5.02. The van der Waals surface area contributed by atoms with E-state index < -0.39 is 0 Å². The number of methoxy groups -OCH3 is 1. The predicted molar refractivity (Wildman–Crippen MR) is 117 cm³/mol. The van der Waals surface area contributed by atoms with Crippen LogP contribution in [0.3, 0.4) is 0 Å². The zero-order chi connectivity index (χ0) is 21.3. The summed E-state index contributed by atoms with van der Waals surface area (Å²) in [5.41, 5.74) is 1.55. The number of unbranched alkanes of at least 4 members (excludes halogenated alkanes) is 1. The molecule has 30 heavy (non-hydrogen) atoms. The van der Waals surface area contributed by atoms with Gasteiger partial charge in [-0.05, 0) is 36.2 Å². The monoisotopic (exact) mass is 409 g/mol. The highest BCUT2D eigenvalue weighted by atomic mass is 16.5. The van der Waals surface area contributed by atoms with Gasteiger partial charge in [-0.15, -0.1) is 0 Å². The number of aromatic amines is 1. The number of para-hydroxylation sites is 1. The van der Waals surface area contributed by atoms with Gasteiger partial charge in [0.25, 0.3) is 11.5 Å². The summed E-state index contributed by atoms with van der Waals surface area (Å²) in [6.45, 7) is 4.25. The molecule has 3 N–H and O–H groups in total. The molecule has 1 atom stereocenters. The van der Waals surface area contributed by atoms with Crippen molar-refractivity contribution in [3.05, 3.63) is 70.3 Å². The Labute approximate surface area is 176 Å². The first-order chi connectivity index (χ1) is 14.6. The molecule has 3 aromatic rings. The van der Waals surface area contributed by atoms with Crippen molar-refractivity contribution in [1.82, 2.24) is 15.3 Å². The van der Waals surface area contributed by atoms with Crippen molar-refractivity contribution in [2.24, 2.45) is 0 Å². The number of ether oxygens (including phenoxy) is 1. The van der Waals surface area contributed by atoms with Gasteiger partial charge >= 0.3 is 0 Å². The normalized spacial score (nSPS) is 11.9. The third kappa shape index (κ3) is 5.90. The number of carbonyl (C=O) groups excluding carboxylic acids is 1. The van der Waals surface area contributed by atoms with Crippen molar-refractivity contribution >= 4 is 16.8 Å². The summed E-state index contributed by atoms with van der Waals surface area (Å²) in [6.07, 6.45) is 2.04. The summed E-state index contributed by atoms with van der Waals surface area (Å²) in [4.78, 5) is 33.4. The van der Waals surface area contributed by atoms with E-state index in [0.717, 1.165) is 35.6 Å². The second-order valence-corrected chi connectivity index (χ2v) is 7.36. The molecule has 0 bridgehead atoms. The van der Waals surface area contributed by atoms with Crippen molar-refractivity contribution in [3.8, 4) is 5.75 Å². The smallest absolute Gasteiger partial charge is 0.275 e. The van der Waals surface area contributed by atoms with E-state index in [1.807, 2.05) is 42.5 Å². The van der Waals surface area contributed by atoms with Crippen LogP contribution in [0.15, 0.2) is 53.3 Å². The number of nitrogens with one attached hydrogen (secondary N) is 3. The molecule has 0 radical (unpaired) electrons. The molecule has 158 valence electrons. The van der Waals surface area contributed by atoms with Gasteiger partial charge in [0.15, 0.2) is 12.4 Å². The van der Waals surface area contributed by atoms with Crippen molar-refractivity contribution in [1.29, 1.82) is 0 Å². The molecule has 0 saturated carbocycles. The number of rotatable bonds is 10. The summed E-state index contributed by atoms with van der Waals surface area (Å²) in [5, 5.41) is 3.55. The molecule has 0 fully saturated rings. The molecule has 0 saturated heterocycles. The number of hydrogen-bond acceptors (Lipinski definition) is 4. The van der Waals surface area contributed by atoms with Crippen molar-refractivity contribution in [3.63, 3.8) is 0 Å². The van der Waals surface area contributed by atoms with Crippen LogP contribution in [0.1, 0.15) is 31.2 Å². The maximum Gasteiger partial charge on any atom is 0.275 e. The minimum atomic E-state index is -0.144. The zero-order valence-electron chi connectivity index (χ0n) is 17.5. The van der Waals surface area contributed by atoms with Gasteiger partial charge in [0.2, 0.25) is 0 Å². The zero-order valence-corrected chi connectivity index (χ0v) is 17.5. The Bertz CT molecular complexity index is 1030. The van der Waals surface area contributed by atoms with Gasteiger partial charge in [-0.2, -0.15) is 0 Å². The van der Waals surface area contributed by atoms with E-state index in [9.17, 15) is 9.59 Å². The summed E-state index contributed by atoms with van der Waals surface area (Å²) >= 11 is 0. The molecule has 0 aliphatic carbocycles. The van der Waals surface area contributed by atoms with Crippen LogP contribution in [0.5, 0.6) is 5.75 Å². The molecule has 1 unspecified atom stereocenters. The van der Waals surface area contributed by atoms with Crippen LogP contribution >= 0.6 is 0 Å². The predicted octanol–water partition coefficient (Wildman–Crippen LogP) is 1.43. The molecule has 7 heteroatoms. The first kappa shape index (κ1) is 21.5. The number of carbonyl (C=O) groups is 1. The summed E-state index contributed by atoms with van der Waals surface area (Å²) in [5.74, 6) is 1.37. The lowest BCUT2D eigenvalue weighted by molar-refractivity contribution is -0.906. The molecule has 7 nitrogen and oxygen atoms in total. The maximum absolute atomic E-state index is 12.5. The fourth-order valence-corrected chi connectivity index (χ4v) is 3.36. The summed E-state index contributed by atoms with van der Waals surface area (Å²) in [7, 11) is 1.63. The Morgan fingerprint density at radius 3 is 2.67 bits per heavy atom. The van der Waals surface area contributed by atoms with Crippen LogP contribution in [0.4, 0.5) is 0 Å². The lowest BCUT2D eigenvalue weighted by Gasteiger charge is -2.18. The molecule has 0 aliphatic rings. The standard InChI is InChI=1S/C23H28N4O3/c1-3-4-13-27(15-21-25-20-8-6-5-7-19(20)23(29)26-21)16-22(28)24-14-17-9-11-18(30-2)12-10-17/h5-12H,3-4,13-16H2,1-2H3,(H,24,28)(H,25,26,29)/p+1. The second-order valence-electron chi connectivity index (χ2n) is 7.36. The van der Waals surface area contributed by atoms with Crippen LogP contribution < -0.4 is 20.5 Å². The number of nitrogens with zero attached hydrogens (tertiary/aromatic N) is 1. The van der Waals surface area contributed by atoms with Crippen LogP contribution in [0.25, 0.3) is 10.9 Å². The van der Waals surface area contributed by atoms with E-state index in [1.165, 1.54) is 0 Å². The first-order valence-corrected chi connectivity index (χ1v) is 10.3. The molecule has 1 aromatic heterocycles. The highest BCUT2D eigenvalue weighted by molar-refractivity contribution is 5.77. The lowest BCUT2D eigenvalue weighted by atomic mass is 10.2. The molecule has 1 heterocycles. The number of quaternary nitrogens is 1. The van der Waals surface area contributed by atoms with E-state index in [-0.39, 0.29) is 11.5 Å². The van der Waals surface area contributed by atoms with Crippen LogP contribution in [-0.2, 0) is 17.9 Å². The van der Waals surface area contributed by atoms with Gasteiger partial charge in [-0.1, -0.05) is 37.6 Å². The quantitative estimate of drug-likeness (QED) is 0.473. The minimum absolute atomic E-state index is 0.0277. The van der Waals surface area contributed by atoms with E-state index in [4.69, 9.17) is 4.74 Å². The van der Waals surface area contributed by atoms with Crippen LogP contribution in [0, 0.1) is 0 Å². The Balaban J connectivity index is 1.63. The average Bonchev–Trinajstić information content (AvgIpc) is 2.76. The van der Waals surface area contributed by atoms with Gasteiger partial charge in [0.1, 0.15) is 12.3 Å². The molecule has 3 rings (SSSR count). The number of H-pyrrole nitrogens is 1. The second kappa shape index (κ2) is 10.5. The highest BCUT2D eigenvalue weighted by Crippen LogP contribution is 2.10. The Kier molecular flexibility index (Phi) is 7.57. The van der Waals surface area contributed by atoms with Gasteiger partial charge in [-0.25, -0.2) is 4.98 Å². The van der Waals surface area contributed by atoms with Gasteiger partial charge in [-0.3, -0.25) is 9.59 Å². The molecule has 0 aliphatic heterocycles. The summed E-state index contributed by atoms with van der Waals surface area (Å²) < 4.78 is 5.15. The van der Waals surface area contributed by atoms with Crippen molar-refractivity contribution in [2.75, 3.05) is 20.2 Å². The van der Waals surface area contributed by atoms with Gasteiger partial charge in [0, 0.05) is 6.54 Å². The first-order valence-electron chi connectivity index (χ1n) is 10.3. The average molecular weight is 410 g/mol. The molecular weight excluding hydrogens is 380 g/mol. The van der Waals surface area contributed by atoms with Crippen LogP contribution in [0.2, 0.25) is 0 Å². The van der Waals surface area contributed by atoms with Crippen molar-refractivity contribution in [2.45, 2.75) is 32.9 Å². The van der Waals surface area contributed by atoms with E-state index in [2.05, 4.69) is 22.2 Å². The minimum Gasteiger partial charge on any atom is -0.497 e. The highest BCUT2D eigenvalue weighted by Gasteiger charge is 2.16. The van der Waals surface area contributed by atoms with Crippen molar-refractivity contribution < 1.29 is 14.4 Å². The third-order valence-corrected chi connectivity index (χ3v) is 5.02. The lowest BCUT2D eigenvalue weighted by Crippen LogP contribution is -3.12. The molecule has 2 aromatic carbocycles. The molecular formula is C23H29N4O3+. The Hall–Kier alpha value is -3.19. The summed E-state index contributed by atoms with van der Waals surface area (Å²) in [6, 6.07) is 14.9. The fraction of sp³-hybridized carbons (Fsp3) is 0.348. The van der Waals surface area contributed by atoms with Crippen LogP contribution in [-0.4, -0.2) is 36.1 Å². The number of amides is 1.